The number of carbonyl (C=O) groups is 4. The molecule has 1 atom stereocenters. The third-order valence-corrected chi connectivity index (χ3v) is 5.68. The first-order valence-corrected chi connectivity index (χ1v) is 10.5. The average Bonchev–Trinajstić information content (AvgIpc) is 3.08. The quantitative estimate of drug-likeness (QED) is 0.328. The van der Waals surface area contributed by atoms with Crippen LogP contribution in [0.1, 0.15) is 40.0 Å². The summed E-state index contributed by atoms with van der Waals surface area (Å²) in [6.45, 7) is 0. The molecule has 0 aliphatic carbocycles. The van der Waals surface area contributed by atoms with Crippen molar-refractivity contribution in [3.05, 3.63) is 69.5 Å². The van der Waals surface area contributed by atoms with E-state index in [1.807, 2.05) is 0 Å². The summed E-state index contributed by atoms with van der Waals surface area (Å²) in [4.78, 5) is 51.6. The number of benzene rings is 2. The third-order valence-electron chi connectivity index (χ3n) is 4.72. The zero-order chi connectivity index (χ0) is 22.7. The lowest BCUT2D eigenvalue weighted by molar-refractivity contribution is -0.154. The Morgan fingerprint density at radius 1 is 0.968 bits per heavy atom. The summed E-state index contributed by atoms with van der Waals surface area (Å²) in [7, 11) is 0. The van der Waals surface area contributed by atoms with Crippen LogP contribution in [-0.4, -0.2) is 45.4 Å². The topological polar surface area (TPSA) is 74.8 Å². The summed E-state index contributed by atoms with van der Waals surface area (Å²) >= 11 is 17.8. The van der Waals surface area contributed by atoms with Gasteiger partial charge in [-0.25, -0.2) is 9.40 Å². The zero-order valence-corrected chi connectivity index (χ0v) is 18.3. The van der Waals surface area contributed by atoms with E-state index in [1.54, 1.807) is 0 Å². The molecular weight excluding hydrogens is 470 g/mol. The number of alkyl halides is 1. The van der Waals surface area contributed by atoms with Gasteiger partial charge in [0.25, 0.3) is 5.91 Å². The number of hydrazine groups is 1. The molecule has 1 aliphatic heterocycles. The first-order chi connectivity index (χ1) is 14.7. The Labute approximate surface area is 192 Å². The number of amides is 3. The van der Waals surface area contributed by atoms with E-state index in [0.717, 1.165) is 17.1 Å². The maximum atomic E-state index is 13.4. The van der Waals surface area contributed by atoms with Crippen LogP contribution in [0, 0.1) is 5.82 Å². The Kier molecular flexibility index (Phi) is 7.30. The highest BCUT2D eigenvalue weighted by molar-refractivity contribution is 6.42. The molecule has 1 heterocycles. The minimum absolute atomic E-state index is 0.0216. The van der Waals surface area contributed by atoms with Gasteiger partial charge in [0, 0.05) is 29.8 Å². The molecule has 6 nitrogen and oxygen atoms in total. The van der Waals surface area contributed by atoms with Crippen molar-refractivity contribution >= 4 is 58.3 Å². The molecule has 3 amide bonds. The summed E-state index contributed by atoms with van der Waals surface area (Å²) < 4.78 is 13.3. The first-order valence-electron chi connectivity index (χ1n) is 9.24. The van der Waals surface area contributed by atoms with Crippen molar-refractivity contribution in [3.8, 4) is 0 Å². The lowest BCUT2D eigenvalue weighted by Gasteiger charge is -2.36. The van der Waals surface area contributed by atoms with E-state index in [0.29, 0.717) is 5.01 Å². The number of imide groups is 1. The minimum atomic E-state index is -1.28. The van der Waals surface area contributed by atoms with Gasteiger partial charge >= 0.3 is 0 Å². The summed E-state index contributed by atoms with van der Waals surface area (Å²) in [6, 6.07) is 7.48. The summed E-state index contributed by atoms with van der Waals surface area (Å²) in [5.74, 6) is -3.22. The number of nitrogens with zero attached hydrogens (tertiary/aromatic N) is 2. The van der Waals surface area contributed by atoms with Crippen molar-refractivity contribution in [1.82, 2.24) is 10.0 Å². The fourth-order valence-corrected chi connectivity index (χ4v) is 3.72. The molecule has 1 aliphatic rings. The van der Waals surface area contributed by atoms with Crippen LogP contribution in [0.4, 0.5) is 4.39 Å². The third kappa shape index (κ3) is 4.89. The number of Topliss-reactive ketones (excluding diaryl/α,β-unsaturated/α-hetero) is 1. The number of rotatable bonds is 7. The minimum Gasteiger partial charge on any atom is -0.292 e. The maximum Gasteiger partial charge on any atom is 0.273 e. The van der Waals surface area contributed by atoms with Crippen molar-refractivity contribution in [2.24, 2.45) is 0 Å². The van der Waals surface area contributed by atoms with Gasteiger partial charge in [-0.1, -0.05) is 23.2 Å². The van der Waals surface area contributed by atoms with Crippen molar-refractivity contribution in [1.29, 1.82) is 0 Å². The number of halogens is 4. The van der Waals surface area contributed by atoms with Crippen LogP contribution in [0.5, 0.6) is 0 Å². The van der Waals surface area contributed by atoms with Crippen LogP contribution in [-0.2, 0) is 9.59 Å². The normalized spacial score (nSPS) is 14.6. The van der Waals surface area contributed by atoms with Crippen molar-refractivity contribution in [2.45, 2.75) is 25.3 Å². The van der Waals surface area contributed by atoms with Crippen molar-refractivity contribution in [3.63, 3.8) is 0 Å². The van der Waals surface area contributed by atoms with E-state index in [9.17, 15) is 23.6 Å². The van der Waals surface area contributed by atoms with Gasteiger partial charge in [0.2, 0.25) is 11.8 Å². The lowest BCUT2D eigenvalue weighted by atomic mass is 10.0. The van der Waals surface area contributed by atoms with Crippen LogP contribution in [0.15, 0.2) is 42.5 Å². The SMILES string of the molecule is O=C(c1ccc(F)cc1)[C@@H](CCCl)N(C(=O)c1ccc(Cl)c(Cl)c1)N1C(=O)CCC1=O. The van der Waals surface area contributed by atoms with E-state index < -0.39 is 35.4 Å². The zero-order valence-electron chi connectivity index (χ0n) is 16.0. The molecule has 0 radical (unpaired) electrons. The Bertz CT molecular complexity index is 1030. The summed E-state index contributed by atoms with van der Waals surface area (Å²) in [5.41, 5.74) is 0.121. The van der Waals surface area contributed by atoms with Gasteiger partial charge in [0.05, 0.1) is 10.0 Å². The van der Waals surface area contributed by atoms with Crippen LogP contribution in [0.25, 0.3) is 0 Å². The highest BCUT2D eigenvalue weighted by atomic mass is 35.5. The van der Waals surface area contributed by atoms with E-state index in [4.69, 9.17) is 34.8 Å². The molecule has 0 bridgehead atoms. The van der Waals surface area contributed by atoms with Crippen molar-refractivity contribution in [2.75, 3.05) is 5.88 Å². The Morgan fingerprint density at radius 2 is 1.55 bits per heavy atom. The van der Waals surface area contributed by atoms with Crippen LogP contribution in [0.2, 0.25) is 10.0 Å². The summed E-state index contributed by atoms with van der Waals surface area (Å²) in [6.07, 6.45) is -0.244. The second-order valence-corrected chi connectivity index (χ2v) is 7.93. The van der Waals surface area contributed by atoms with Gasteiger partial charge in [0.15, 0.2) is 5.78 Å². The molecule has 0 spiro atoms. The second kappa shape index (κ2) is 9.77. The molecule has 162 valence electrons. The van der Waals surface area contributed by atoms with Crippen LogP contribution < -0.4 is 0 Å². The lowest BCUT2D eigenvalue weighted by Crippen LogP contribution is -2.57. The standard InChI is InChI=1S/C21H16Cl3FN2O4/c22-10-9-17(20(30)12-1-4-14(25)5-2-12)26(27-18(28)7-8-19(27)29)21(31)13-3-6-15(23)16(24)11-13/h1-6,11,17H,7-10H2/t17-/m1/s1. The largest absolute Gasteiger partial charge is 0.292 e. The van der Waals surface area contributed by atoms with Gasteiger partial charge in [-0.3, -0.25) is 19.2 Å². The molecule has 31 heavy (non-hydrogen) atoms. The fourth-order valence-electron chi connectivity index (χ4n) is 3.21. The Morgan fingerprint density at radius 3 is 2.10 bits per heavy atom. The highest BCUT2D eigenvalue weighted by Gasteiger charge is 2.43. The molecule has 1 saturated heterocycles. The van der Waals surface area contributed by atoms with Gasteiger partial charge in [-0.05, 0) is 48.9 Å². The van der Waals surface area contributed by atoms with Crippen LogP contribution in [0.3, 0.4) is 0 Å². The number of ketones is 1. The predicted octanol–water partition coefficient (Wildman–Crippen LogP) is 4.52. The molecule has 0 unspecified atom stereocenters. The van der Waals surface area contributed by atoms with E-state index in [-0.39, 0.29) is 46.3 Å². The van der Waals surface area contributed by atoms with E-state index >= 15 is 0 Å². The second-order valence-electron chi connectivity index (χ2n) is 6.74. The smallest absolute Gasteiger partial charge is 0.273 e. The van der Waals surface area contributed by atoms with E-state index in [2.05, 4.69) is 0 Å². The van der Waals surface area contributed by atoms with Gasteiger partial charge in [-0.2, -0.15) is 5.01 Å². The van der Waals surface area contributed by atoms with Gasteiger partial charge < -0.3 is 0 Å². The molecule has 2 aromatic rings. The molecule has 0 N–H and O–H groups in total. The molecule has 3 rings (SSSR count). The number of hydrogen-bond donors (Lipinski definition) is 0. The Balaban J connectivity index is 2.09. The highest BCUT2D eigenvalue weighted by Crippen LogP contribution is 2.27. The summed E-state index contributed by atoms with van der Waals surface area (Å²) in [5, 5.41) is 1.80. The van der Waals surface area contributed by atoms with Gasteiger partial charge in [-0.15, -0.1) is 11.6 Å². The molecular formula is C21H16Cl3FN2O4. The number of hydrogen-bond acceptors (Lipinski definition) is 4. The first kappa shape index (κ1) is 23.2. The molecule has 1 fully saturated rings. The fraction of sp³-hybridized carbons (Fsp3) is 0.238. The average molecular weight is 486 g/mol. The van der Waals surface area contributed by atoms with Gasteiger partial charge in [0.1, 0.15) is 11.9 Å². The molecule has 2 aromatic carbocycles. The molecule has 0 aromatic heterocycles. The monoisotopic (exact) mass is 484 g/mol. The van der Waals surface area contributed by atoms with Crippen molar-refractivity contribution < 1.29 is 23.6 Å². The van der Waals surface area contributed by atoms with E-state index in [1.165, 1.54) is 30.3 Å². The number of carbonyl (C=O) groups excluding carboxylic acids is 4. The maximum absolute atomic E-state index is 13.4. The Hall–Kier alpha value is -2.48. The molecule has 0 saturated carbocycles. The molecule has 10 heteroatoms. The van der Waals surface area contributed by atoms with Crippen LogP contribution >= 0.6 is 34.8 Å². The predicted molar refractivity (Wildman–Crippen MR) is 114 cm³/mol.